The van der Waals surface area contributed by atoms with Crippen LogP contribution in [0, 0.1) is 5.41 Å². The molecule has 1 fully saturated rings. The van der Waals surface area contributed by atoms with E-state index in [0.29, 0.717) is 17.8 Å². The molecule has 2 aliphatic rings. The molecule has 2 heterocycles. The molecule has 2 aromatic carbocycles. The van der Waals surface area contributed by atoms with Crippen molar-refractivity contribution in [3.05, 3.63) is 65.2 Å². The molecule has 3 amide bonds. The number of ether oxygens (including phenoxy) is 1. The van der Waals surface area contributed by atoms with Crippen LogP contribution in [0.2, 0.25) is 0 Å². The lowest BCUT2D eigenvalue weighted by atomic mass is 9.73. The van der Waals surface area contributed by atoms with E-state index >= 15 is 0 Å². The Kier molecular flexibility index (Phi) is 8.41. The second kappa shape index (κ2) is 11.5. The lowest BCUT2D eigenvalue weighted by Gasteiger charge is -2.40. The van der Waals surface area contributed by atoms with Gasteiger partial charge in [-0.3, -0.25) is 9.59 Å². The molecule has 9 nitrogen and oxygen atoms in total. The van der Waals surface area contributed by atoms with Crippen LogP contribution in [0.3, 0.4) is 0 Å². The highest BCUT2D eigenvalue weighted by atomic mass is 19.4. The Morgan fingerprint density at radius 3 is 2.26 bits per heavy atom. The van der Waals surface area contributed by atoms with Gasteiger partial charge in [0.1, 0.15) is 17.2 Å². The van der Waals surface area contributed by atoms with E-state index in [9.17, 15) is 45.8 Å². The highest BCUT2D eigenvalue weighted by Crippen LogP contribution is 2.39. The van der Waals surface area contributed by atoms with E-state index in [0.717, 1.165) is 5.56 Å². The number of hydrogen-bond acceptors (Lipinski definition) is 5. The highest BCUT2D eigenvalue weighted by molar-refractivity contribution is 6.13. The molecule has 0 saturated carbocycles. The van der Waals surface area contributed by atoms with Crippen LogP contribution >= 0.6 is 0 Å². The Balaban J connectivity index is 1.52. The first-order valence-corrected chi connectivity index (χ1v) is 12.7. The lowest BCUT2D eigenvalue weighted by Crippen LogP contribution is -2.59. The summed E-state index contributed by atoms with van der Waals surface area (Å²) >= 11 is 0. The molecule has 2 aliphatic heterocycles. The van der Waals surface area contributed by atoms with Gasteiger partial charge in [-0.05, 0) is 30.2 Å². The van der Waals surface area contributed by atoms with Crippen LogP contribution in [0.25, 0.3) is 0 Å². The number of carbonyl (C=O) groups excluding carboxylic acids is 2. The maximum Gasteiger partial charge on any atom is 0.416 e. The highest BCUT2D eigenvalue weighted by Gasteiger charge is 2.53. The molecule has 2 atom stereocenters. The van der Waals surface area contributed by atoms with Crippen LogP contribution in [0.5, 0.6) is 5.75 Å². The van der Waals surface area contributed by atoms with E-state index in [1.54, 1.807) is 12.1 Å². The number of nitrogens with zero attached hydrogens (tertiary/aromatic N) is 3. The maximum atomic E-state index is 13.5. The van der Waals surface area contributed by atoms with Crippen molar-refractivity contribution >= 4 is 23.6 Å². The van der Waals surface area contributed by atoms with E-state index in [1.165, 1.54) is 17.0 Å². The quantitative estimate of drug-likeness (QED) is 0.436. The van der Waals surface area contributed by atoms with Crippen LogP contribution in [0.4, 0.5) is 31.1 Å². The number of alkyl halides is 6. The summed E-state index contributed by atoms with van der Waals surface area (Å²) in [5.74, 6) is -1.82. The zero-order chi connectivity index (χ0) is 30.9. The number of fused-ring (bicyclic) bond motifs is 1. The molecule has 226 valence electrons. The minimum absolute atomic E-state index is 0.0495. The molecule has 0 spiro atoms. The zero-order valence-electron chi connectivity index (χ0n) is 22.1. The first kappa shape index (κ1) is 30.7. The molecule has 2 aromatic rings. The first-order valence-electron chi connectivity index (χ1n) is 12.7. The summed E-state index contributed by atoms with van der Waals surface area (Å²) in [6, 6.07) is 8.31. The summed E-state index contributed by atoms with van der Waals surface area (Å²) in [5, 5.41) is 16.9. The van der Waals surface area contributed by atoms with Crippen LogP contribution in [-0.4, -0.2) is 71.4 Å². The topological polar surface area (TPSA) is 112 Å². The minimum Gasteiger partial charge on any atom is -0.493 e. The summed E-state index contributed by atoms with van der Waals surface area (Å²) in [7, 11) is 1.50. The van der Waals surface area contributed by atoms with Crippen molar-refractivity contribution < 1.29 is 50.6 Å². The molecular formula is C27H26F6N4O5. The normalized spacial score (nSPS) is 19.7. The molecular weight excluding hydrogens is 574 g/mol. The SMILES string of the molecule is CN1N=C2CCN(C(=O)C(CCOc3cc(C(F)(F)F)cc(C(F)(F)F)c3)NC(=O)O)CC2(Cc2ccccc2)C1=O. The van der Waals surface area contributed by atoms with Crippen molar-refractivity contribution in [1.29, 1.82) is 0 Å². The number of likely N-dealkylation sites (tertiary alicyclic amines) is 1. The second-order valence-electron chi connectivity index (χ2n) is 10.0. The Labute approximate surface area is 235 Å². The molecule has 0 aliphatic carbocycles. The largest absolute Gasteiger partial charge is 0.493 e. The van der Waals surface area contributed by atoms with Gasteiger partial charge in [-0.2, -0.15) is 31.4 Å². The number of rotatable bonds is 8. The van der Waals surface area contributed by atoms with Gasteiger partial charge >= 0.3 is 18.4 Å². The number of hydrogen-bond donors (Lipinski definition) is 2. The predicted octanol–water partition coefficient (Wildman–Crippen LogP) is 4.42. The third-order valence-electron chi connectivity index (χ3n) is 7.10. The third-order valence-corrected chi connectivity index (χ3v) is 7.10. The Morgan fingerprint density at radius 1 is 1.07 bits per heavy atom. The number of nitrogens with one attached hydrogen (secondary N) is 1. The van der Waals surface area contributed by atoms with Crippen LogP contribution in [-0.2, 0) is 28.4 Å². The second-order valence-corrected chi connectivity index (χ2v) is 10.0. The number of piperidine rings is 1. The standard InChI is InChI=1S/C27H26F6N4O5/c1-36-23(39)25(14-16-5-3-2-4-6-16)15-37(9-7-21(25)35-36)22(38)20(34-24(40)41)8-10-42-19-12-17(26(28,29)30)11-18(13-19)27(31,32)33/h2-6,11-13,20,34H,7-10,14-15H2,1H3,(H,40,41). The molecule has 1 saturated heterocycles. The monoisotopic (exact) mass is 600 g/mol. The fourth-order valence-corrected chi connectivity index (χ4v) is 5.15. The van der Waals surface area contributed by atoms with Crippen molar-refractivity contribution in [2.75, 3.05) is 26.7 Å². The summed E-state index contributed by atoms with van der Waals surface area (Å²) in [5.41, 5.74) is -2.94. The van der Waals surface area contributed by atoms with Gasteiger partial charge in [0.2, 0.25) is 5.91 Å². The van der Waals surface area contributed by atoms with Gasteiger partial charge in [0.25, 0.3) is 5.91 Å². The molecule has 4 rings (SSSR count). The lowest BCUT2D eigenvalue weighted by molar-refractivity contribution is -0.143. The van der Waals surface area contributed by atoms with Crippen molar-refractivity contribution in [3.8, 4) is 5.75 Å². The molecule has 0 aromatic heterocycles. The van der Waals surface area contributed by atoms with Crippen LogP contribution < -0.4 is 10.1 Å². The summed E-state index contributed by atoms with van der Waals surface area (Å²) < 4.78 is 84.2. The minimum atomic E-state index is -5.08. The number of hydrazone groups is 1. The van der Waals surface area contributed by atoms with Gasteiger partial charge in [-0.15, -0.1) is 0 Å². The van der Waals surface area contributed by atoms with Crippen molar-refractivity contribution in [2.24, 2.45) is 10.5 Å². The third kappa shape index (κ3) is 6.60. The smallest absolute Gasteiger partial charge is 0.416 e. The molecule has 0 radical (unpaired) electrons. The predicted molar refractivity (Wildman–Crippen MR) is 135 cm³/mol. The number of halogens is 6. The van der Waals surface area contributed by atoms with Crippen LogP contribution in [0.15, 0.2) is 53.6 Å². The van der Waals surface area contributed by atoms with E-state index in [1.807, 2.05) is 23.5 Å². The summed E-state index contributed by atoms with van der Waals surface area (Å²) in [4.78, 5) is 39.6. The molecule has 42 heavy (non-hydrogen) atoms. The van der Waals surface area contributed by atoms with Gasteiger partial charge in [-0.1, -0.05) is 30.3 Å². The average molecular weight is 601 g/mol. The van der Waals surface area contributed by atoms with E-state index in [2.05, 4.69) is 5.10 Å². The Hall–Kier alpha value is -4.30. The average Bonchev–Trinajstić information content (AvgIpc) is 3.15. The fraction of sp³-hybridized carbons (Fsp3) is 0.407. The molecule has 15 heteroatoms. The van der Waals surface area contributed by atoms with Gasteiger partial charge in [-0.25, -0.2) is 9.80 Å². The molecule has 2 unspecified atom stereocenters. The fourth-order valence-electron chi connectivity index (χ4n) is 5.15. The number of carboxylic acid groups (broad SMARTS) is 1. The Morgan fingerprint density at radius 2 is 1.69 bits per heavy atom. The number of carbonyl (C=O) groups is 3. The first-order chi connectivity index (χ1) is 19.6. The van der Waals surface area contributed by atoms with Crippen molar-refractivity contribution in [2.45, 2.75) is 37.7 Å². The van der Waals surface area contributed by atoms with E-state index < -0.39 is 65.7 Å². The van der Waals surface area contributed by atoms with Crippen LogP contribution in [0.1, 0.15) is 29.5 Å². The zero-order valence-corrected chi connectivity index (χ0v) is 22.1. The van der Waals surface area contributed by atoms with E-state index in [-0.39, 0.29) is 37.9 Å². The van der Waals surface area contributed by atoms with Gasteiger partial charge in [0, 0.05) is 33.0 Å². The summed E-state index contributed by atoms with van der Waals surface area (Å²) in [6.07, 6.45) is -11.7. The van der Waals surface area contributed by atoms with E-state index in [4.69, 9.17) is 4.74 Å². The van der Waals surface area contributed by atoms with Crippen molar-refractivity contribution in [1.82, 2.24) is 15.2 Å². The molecule has 0 bridgehead atoms. The van der Waals surface area contributed by atoms with Crippen molar-refractivity contribution in [3.63, 3.8) is 0 Å². The molecule has 2 N–H and O–H groups in total. The van der Waals surface area contributed by atoms with Gasteiger partial charge in [0.05, 0.1) is 23.4 Å². The summed E-state index contributed by atoms with van der Waals surface area (Å²) in [6.45, 7) is -0.590. The number of amides is 3. The van der Waals surface area contributed by atoms with Gasteiger partial charge < -0.3 is 20.1 Å². The van der Waals surface area contributed by atoms with Gasteiger partial charge in [0.15, 0.2) is 0 Å². The number of benzene rings is 2. The maximum absolute atomic E-state index is 13.5. The Bertz CT molecular complexity index is 1350.